The van der Waals surface area contributed by atoms with Gasteiger partial charge in [0.2, 0.25) is 21.8 Å². The lowest BCUT2D eigenvalue weighted by Gasteiger charge is -2.33. The highest BCUT2D eigenvalue weighted by molar-refractivity contribution is 8.01. The predicted octanol–water partition coefficient (Wildman–Crippen LogP) is 2.58. The second-order valence-corrected chi connectivity index (χ2v) is 11.1. The fraction of sp³-hybridized carbons (Fsp3) is 0.600. The maximum absolute atomic E-state index is 12.8. The van der Waals surface area contributed by atoms with Crippen LogP contribution in [0.25, 0.3) is 0 Å². The van der Waals surface area contributed by atoms with E-state index < -0.39 is 15.3 Å². The number of thioether (sulfide) groups is 1. The van der Waals surface area contributed by atoms with Gasteiger partial charge in [0.1, 0.15) is 0 Å². The quantitative estimate of drug-likeness (QED) is 0.706. The molecule has 1 aliphatic carbocycles. The maximum Gasteiger partial charge on any atom is 0.247 e. The Morgan fingerprint density at radius 1 is 1.17 bits per heavy atom. The van der Waals surface area contributed by atoms with Crippen LogP contribution in [0, 0.1) is 5.92 Å². The molecule has 2 aliphatic heterocycles. The first-order valence-corrected chi connectivity index (χ1v) is 12.6. The van der Waals surface area contributed by atoms with Gasteiger partial charge in [-0.3, -0.25) is 9.59 Å². The van der Waals surface area contributed by atoms with Crippen molar-refractivity contribution in [2.45, 2.75) is 66.5 Å². The molecule has 1 saturated carbocycles. The summed E-state index contributed by atoms with van der Waals surface area (Å²) in [7, 11) is -3.63. The lowest BCUT2D eigenvalue weighted by atomic mass is 9.99. The van der Waals surface area contributed by atoms with Crippen molar-refractivity contribution in [1.29, 1.82) is 0 Å². The van der Waals surface area contributed by atoms with Crippen molar-refractivity contribution in [2.75, 3.05) is 18.4 Å². The summed E-state index contributed by atoms with van der Waals surface area (Å²) in [6, 6.07) is 4.70. The second kappa shape index (κ2) is 8.28. The molecular weight excluding hydrogens is 410 g/mol. The smallest absolute Gasteiger partial charge is 0.247 e. The van der Waals surface area contributed by atoms with Gasteiger partial charge < -0.3 is 10.2 Å². The van der Waals surface area contributed by atoms with E-state index in [9.17, 15) is 18.0 Å². The Balaban J connectivity index is 1.49. The predicted molar refractivity (Wildman–Crippen MR) is 112 cm³/mol. The van der Waals surface area contributed by atoms with E-state index in [2.05, 4.69) is 17.0 Å². The van der Waals surface area contributed by atoms with Crippen molar-refractivity contribution < 1.29 is 18.0 Å². The highest BCUT2D eigenvalue weighted by atomic mass is 32.2. The van der Waals surface area contributed by atoms with Gasteiger partial charge in [-0.15, -0.1) is 11.8 Å². The highest BCUT2D eigenvalue weighted by Crippen LogP contribution is 2.38. The van der Waals surface area contributed by atoms with Gasteiger partial charge in [-0.25, -0.2) is 13.1 Å². The molecule has 158 valence electrons. The summed E-state index contributed by atoms with van der Waals surface area (Å²) >= 11 is 1.20. The molecule has 7 nitrogen and oxygen atoms in total. The Morgan fingerprint density at radius 3 is 2.55 bits per heavy atom. The van der Waals surface area contributed by atoms with Crippen LogP contribution in [-0.2, 0) is 19.6 Å². The number of likely N-dealkylation sites (tertiary alicyclic amines) is 1. The number of hydrogen-bond acceptors (Lipinski definition) is 5. The second-order valence-electron chi connectivity index (χ2n) is 8.26. The molecule has 2 fully saturated rings. The van der Waals surface area contributed by atoms with Crippen molar-refractivity contribution in [1.82, 2.24) is 9.62 Å². The molecule has 29 heavy (non-hydrogen) atoms. The number of sulfonamides is 1. The lowest BCUT2D eigenvalue weighted by Crippen LogP contribution is -2.47. The molecule has 4 rings (SSSR count). The Hall–Kier alpha value is -1.58. The topological polar surface area (TPSA) is 95.6 Å². The third-order valence-electron chi connectivity index (χ3n) is 6.00. The fourth-order valence-electron chi connectivity index (χ4n) is 4.14. The molecule has 0 spiro atoms. The molecule has 2 amide bonds. The van der Waals surface area contributed by atoms with Gasteiger partial charge in [0.25, 0.3) is 0 Å². The van der Waals surface area contributed by atoms with Gasteiger partial charge in [-0.05, 0) is 49.8 Å². The van der Waals surface area contributed by atoms with Gasteiger partial charge >= 0.3 is 0 Å². The van der Waals surface area contributed by atoms with E-state index in [1.807, 2.05) is 0 Å². The van der Waals surface area contributed by atoms with Crippen LogP contribution >= 0.6 is 11.8 Å². The molecule has 1 saturated heterocycles. The average Bonchev–Trinajstić information content (AvgIpc) is 3.19. The largest absolute Gasteiger partial charge is 0.341 e. The van der Waals surface area contributed by atoms with Crippen molar-refractivity contribution >= 4 is 39.3 Å². The molecule has 1 atom stereocenters. The number of nitrogens with one attached hydrogen (secondary N) is 2. The Morgan fingerprint density at radius 2 is 1.86 bits per heavy atom. The summed E-state index contributed by atoms with van der Waals surface area (Å²) in [5.74, 6) is 0.0555. The van der Waals surface area contributed by atoms with Crippen LogP contribution in [-0.4, -0.2) is 49.5 Å². The van der Waals surface area contributed by atoms with Crippen LogP contribution in [0.2, 0.25) is 0 Å². The Bertz CT molecular complexity index is 904. The number of carbonyl (C=O) groups is 2. The summed E-state index contributed by atoms with van der Waals surface area (Å²) in [4.78, 5) is 28.1. The first-order valence-electron chi connectivity index (χ1n) is 10.3. The molecule has 2 heterocycles. The lowest BCUT2D eigenvalue weighted by molar-refractivity contribution is -0.135. The zero-order chi connectivity index (χ0) is 20.6. The minimum Gasteiger partial charge on any atom is -0.341 e. The van der Waals surface area contributed by atoms with E-state index in [1.54, 1.807) is 17.0 Å². The number of hydrogen-bond donors (Lipinski definition) is 2. The summed E-state index contributed by atoms with van der Waals surface area (Å²) in [5.41, 5.74) is 0.450. The number of anilines is 1. The van der Waals surface area contributed by atoms with Crippen LogP contribution in [0.15, 0.2) is 28.0 Å². The summed E-state index contributed by atoms with van der Waals surface area (Å²) in [6.45, 7) is 3.54. The first-order chi connectivity index (χ1) is 13.8. The fourth-order valence-corrected chi connectivity index (χ4v) is 6.53. The minimum absolute atomic E-state index is 0.0192. The molecule has 3 aliphatic rings. The number of nitrogens with zero attached hydrogens (tertiary/aromatic N) is 1. The van der Waals surface area contributed by atoms with Gasteiger partial charge in [0.15, 0.2) is 5.25 Å². The number of fused-ring (bicyclic) bond motifs is 1. The van der Waals surface area contributed by atoms with E-state index in [4.69, 9.17) is 0 Å². The standard InChI is InChI=1S/C20H27N3O4S2/c1-13-8-10-23(11-9-13)20(25)18-19(24)21-16-12-15(6-7-17(16)28-18)29(26,27)22-14-4-2-3-5-14/h6-7,12-14,18,22H,2-5,8-11H2,1H3,(H,21,24). The highest BCUT2D eigenvalue weighted by Gasteiger charge is 2.37. The van der Waals surface area contributed by atoms with E-state index in [0.717, 1.165) is 38.5 Å². The number of carbonyl (C=O) groups excluding carboxylic acids is 2. The molecule has 1 unspecified atom stereocenters. The molecule has 0 bridgehead atoms. The van der Waals surface area contributed by atoms with Gasteiger partial charge in [-0.1, -0.05) is 19.8 Å². The van der Waals surface area contributed by atoms with Gasteiger partial charge in [-0.2, -0.15) is 0 Å². The van der Waals surface area contributed by atoms with Crippen LogP contribution in [0.4, 0.5) is 5.69 Å². The molecule has 1 aromatic carbocycles. The van der Waals surface area contributed by atoms with Crippen molar-refractivity contribution in [3.63, 3.8) is 0 Å². The van der Waals surface area contributed by atoms with Crippen LogP contribution in [0.3, 0.4) is 0 Å². The monoisotopic (exact) mass is 437 g/mol. The molecule has 1 aromatic rings. The third kappa shape index (κ3) is 4.46. The van der Waals surface area contributed by atoms with Gasteiger partial charge in [0, 0.05) is 24.0 Å². The molecular formula is C20H27N3O4S2. The molecule has 2 N–H and O–H groups in total. The van der Waals surface area contributed by atoms with Crippen molar-refractivity contribution in [2.24, 2.45) is 5.92 Å². The van der Waals surface area contributed by atoms with Gasteiger partial charge in [0.05, 0.1) is 10.6 Å². The third-order valence-corrected chi connectivity index (χ3v) is 8.78. The molecule has 0 aromatic heterocycles. The van der Waals surface area contributed by atoms with E-state index >= 15 is 0 Å². The van der Waals surface area contributed by atoms with Crippen molar-refractivity contribution in [3.8, 4) is 0 Å². The summed E-state index contributed by atoms with van der Waals surface area (Å²) in [6.07, 6.45) is 5.70. The van der Waals surface area contributed by atoms with E-state index in [1.165, 1.54) is 17.8 Å². The number of piperidine rings is 1. The first kappa shape index (κ1) is 20.7. The van der Waals surface area contributed by atoms with Crippen molar-refractivity contribution in [3.05, 3.63) is 18.2 Å². The minimum atomic E-state index is -3.63. The molecule has 0 radical (unpaired) electrons. The Kier molecular flexibility index (Phi) is 5.90. The van der Waals surface area contributed by atoms with Crippen LogP contribution < -0.4 is 10.0 Å². The zero-order valence-electron chi connectivity index (χ0n) is 16.5. The number of rotatable bonds is 4. The van der Waals surface area contributed by atoms with E-state index in [-0.39, 0.29) is 22.8 Å². The van der Waals surface area contributed by atoms with E-state index in [0.29, 0.717) is 29.6 Å². The number of amides is 2. The maximum atomic E-state index is 12.8. The average molecular weight is 438 g/mol. The SMILES string of the molecule is CC1CCN(C(=O)C2Sc3ccc(S(=O)(=O)NC4CCCC4)cc3NC2=O)CC1. The summed E-state index contributed by atoms with van der Waals surface area (Å²) in [5, 5.41) is 1.92. The Labute approximate surface area is 176 Å². The number of benzene rings is 1. The molecule has 9 heteroatoms. The summed E-state index contributed by atoms with van der Waals surface area (Å²) < 4.78 is 28.1. The van der Waals surface area contributed by atoms with Crippen LogP contribution in [0.1, 0.15) is 45.4 Å². The normalized spacial score (nSPS) is 23.7. The van der Waals surface area contributed by atoms with Crippen LogP contribution in [0.5, 0.6) is 0 Å². The zero-order valence-corrected chi connectivity index (χ0v) is 18.2.